The number of nitrogens with zero attached hydrogens (tertiary/aromatic N) is 1. The minimum Gasteiger partial charge on any atom is -0.460 e. The van der Waals surface area contributed by atoms with Gasteiger partial charge in [0.25, 0.3) is 0 Å². The number of esters is 1. The number of ether oxygens (including phenoxy) is 1. The largest absolute Gasteiger partial charge is 0.460 e. The Morgan fingerprint density at radius 1 is 1.58 bits per heavy atom. The molecule has 0 aromatic carbocycles. The number of anilines is 1. The van der Waals surface area contributed by atoms with Crippen LogP contribution < -0.4 is 5.32 Å². The van der Waals surface area contributed by atoms with Crippen LogP contribution in [-0.4, -0.2) is 24.1 Å². The van der Waals surface area contributed by atoms with Gasteiger partial charge in [-0.05, 0) is 6.07 Å². The zero-order chi connectivity index (χ0) is 8.39. The Morgan fingerprint density at radius 3 is 3.42 bits per heavy atom. The number of nitrogens with one attached hydrogen (secondary N) is 1. The Balaban J connectivity index is 2.46. The van der Waals surface area contributed by atoms with E-state index in [4.69, 9.17) is 4.74 Å². The van der Waals surface area contributed by atoms with Gasteiger partial charge in [-0.3, -0.25) is 4.98 Å². The Morgan fingerprint density at radius 2 is 2.50 bits per heavy atom. The molecule has 4 heteroatoms. The Hall–Kier alpha value is -1.58. The van der Waals surface area contributed by atoms with E-state index >= 15 is 0 Å². The molecular formula is C8H8N2O2. The molecule has 1 aliphatic heterocycles. The molecule has 0 aliphatic carbocycles. The second kappa shape index (κ2) is 2.81. The molecule has 2 heterocycles. The van der Waals surface area contributed by atoms with Gasteiger partial charge in [-0.2, -0.15) is 0 Å². The molecule has 4 nitrogen and oxygen atoms in total. The van der Waals surface area contributed by atoms with Crippen molar-refractivity contribution in [3.8, 4) is 0 Å². The molecule has 0 saturated heterocycles. The molecule has 0 amide bonds. The summed E-state index contributed by atoms with van der Waals surface area (Å²) in [4.78, 5) is 15.1. The molecule has 0 saturated carbocycles. The molecule has 1 aliphatic rings. The number of aromatic nitrogens is 1. The molecule has 0 radical (unpaired) electrons. The van der Waals surface area contributed by atoms with Crippen molar-refractivity contribution >= 4 is 11.7 Å². The molecule has 1 aromatic rings. The minimum atomic E-state index is -0.303. The fraction of sp³-hybridized carbons (Fsp3) is 0.250. The predicted octanol–water partition coefficient (Wildman–Crippen LogP) is 0.664. The standard InChI is InChI=1S/C8H8N2O2/c11-8-6-5-9-2-1-7(6)10-3-4-12-8/h1-2,5,10H,3-4H2. The SMILES string of the molecule is O=C1OCCNc2ccncc21. The van der Waals surface area contributed by atoms with Crippen LogP contribution in [0.5, 0.6) is 0 Å². The third-order valence-corrected chi connectivity index (χ3v) is 1.69. The van der Waals surface area contributed by atoms with Gasteiger partial charge in [0.1, 0.15) is 12.2 Å². The number of pyridine rings is 1. The summed E-state index contributed by atoms with van der Waals surface area (Å²) in [5.74, 6) is -0.303. The lowest BCUT2D eigenvalue weighted by atomic mass is 10.2. The number of carbonyl (C=O) groups excluding carboxylic acids is 1. The molecule has 1 aromatic heterocycles. The fourth-order valence-corrected chi connectivity index (χ4v) is 1.12. The second-order valence-electron chi connectivity index (χ2n) is 2.48. The van der Waals surface area contributed by atoms with Crippen LogP contribution in [0.15, 0.2) is 18.5 Å². The van der Waals surface area contributed by atoms with E-state index in [1.165, 1.54) is 6.20 Å². The molecule has 2 rings (SSSR count). The predicted molar refractivity (Wildman–Crippen MR) is 43.0 cm³/mol. The van der Waals surface area contributed by atoms with Gasteiger partial charge in [0.05, 0.1) is 5.69 Å². The van der Waals surface area contributed by atoms with Gasteiger partial charge in [0, 0.05) is 18.9 Å². The normalized spacial score (nSPS) is 15.5. The zero-order valence-corrected chi connectivity index (χ0v) is 6.41. The van der Waals surface area contributed by atoms with Crippen LogP contribution in [0, 0.1) is 0 Å². The number of rotatable bonds is 0. The van der Waals surface area contributed by atoms with Crippen molar-refractivity contribution in [2.75, 3.05) is 18.5 Å². The van der Waals surface area contributed by atoms with Gasteiger partial charge < -0.3 is 10.1 Å². The van der Waals surface area contributed by atoms with E-state index in [1.807, 2.05) is 0 Å². The van der Waals surface area contributed by atoms with Crippen molar-refractivity contribution in [2.45, 2.75) is 0 Å². The van der Waals surface area contributed by atoms with E-state index in [-0.39, 0.29) is 5.97 Å². The van der Waals surface area contributed by atoms with Gasteiger partial charge in [-0.25, -0.2) is 4.79 Å². The average Bonchev–Trinajstić information content (AvgIpc) is 2.29. The Kier molecular flexibility index (Phi) is 1.66. The monoisotopic (exact) mass is 164 g/mol. The first-order valence-corrected chi connectivity index (χ1v) is 3.73. The quantitative estimate of drug-likeness (QED) is 0.572. The number of carbonyl (C=O) groups is 1. The topological polar surface area (TPSA) is 51.2 Å². The van der Waals surface area contributed by atoms with Crippen LogP contribution in [0.3, 0.4) is 0 Å². The van der Waals surface area contributed by atoms with Crippen LogP contribution in [0.1, 0.15) is 10.4 Å². The first-order valence-electron chi connectivity index (χ1n) is 3.73. The van der Waals surface area contributed by atoms with E-state index in [0.29, 0.717) is 18.7 Å². The van der Waals surface area contributed by atoms with Crippen molar-refractivity contribution < 1.29 is 9.53 Å². The maximum Gasteiger partial charge on any atom is 0.341 e. The van der Waals surface area contributed by atoms with Crippen LogP contribution in [0.2, 0.25) is 0 Å². The van der Waals surface area contributed by atoms with E-state index < -0.39 is 0 Å². The van der Waals surface area contributed by atoms with E-state index in [1.54, 1.807) is 12.3 Å². The average molecular weight is 164 g/mol. The van der Waals surface area contributed by atoms with E-state index in [2.05, 4.69) is 10.3 Å². The third kappa shape index (κ3) is 1.11. The number of cyclic esters (lactones) is 1. The van der Waals surface area contributed by atoms with Crippen molar-refractivity contribution in [3.05, 3.63) is 24.0 Å². The lowest BCUT2D eigenvalue weighted by Gasteiger charge is -2.01. The maximum atomic E-state index is 11.2. The summed E-state index contributed by atoms with van der Waals surface area (Å²) in [6.07, 6.45) is 3.15. The second-order valence-corrected chi connectivity index (χ2v) is 2.48. The molecule has 0 fully saturated rings. The molecule has 12 heavy (non-hydrogen) atoms. The van der Waals surface area contributed by atoms with E-state index in [0.717, 1.165) is 5.69 Å². The lowest BCUT2D eigenvalue weighted by molar-refractivity contribution is 0.0529. The van der Waals surface area contributed by atoms with Crippen LogP contribution in [0.25, 0.3) is 0 Å². The number of hydrogen-bond acceptors (Lipinski definition) is 4. The van der Waals surface area contributed by atoms with Gasteiger partial charge >= 0.3 is 5.97 Å². The summed E-state index contributed by atoms with van der Waals surface area (Å²) in [6.45, 7) is 1.07. The molecule has 62 valence electrons. The van der Waals surface area contributed by atoms with Crippen molar-refractivity contribution in [3.63, 3.8) is 0 Å². The van der Waals surface area contributed by atoms with Crippen LogP contribution >= 0.6 is 0 Å². The van der Waals surface area contributed by atoms with Gasteiger partial charge in [0.15, 0.2) is 0 Å². The molecule has 0 spiro atoms. The molecular weight excluding hydrogens is 156 g/mol. The maximum absolute atomic E-state index is 11.2. The first kappa shape index (κ1) is 7.09. The summed E-state index contributed by atoms with van der Waals surface area (Å²) in [6, 6.07) is 1.77. The molecule has 0 unspecified atom stereocenters. The first-order chi connectivity index (χ1) is 5.88. The molecule has 0 bridgehead atoms. The van der Waals surface area contributed by atoms with Gasteiger partial charge in [-0.1, -0.05) is 0 Å². The fourth-order valence-electron chi connectivity index (χ4n) is 1.12. The smallest absolute Gasteiger partial charge is 0.341 e. The highest BCUT2D eigenvalue weighted by molar-refractivity contribution is 5.95. The zero-order valence-electron chi connectivity index (χ0n) is 6.41. The molecule has 1 N–H and O–H groups in total. The highest BCUT2D eigenvalue weighted by Gasteiger charge is 2.15. The third-order valence-electron chi connectivity index (χ3n) is 1.69. The Bertz CT molecular complexity index is 312. The van der Waals surface area contributed by atoms with Crippen molar-refractivity contribution in [1.29, 1.82) is 0 Å². The summed E-state index contributed by atoms with van der Waals surface area (Å²) in [5, 5.41) is 3.07. The minimum absolute atomic E-state index is 0.303. The lowest BCUT2D eigenvalue weighted by Crippen LogP contribution is -2.06. The van der Waals surface area contributed by atoms with Crippen LogP contribution in [-0.2, 0) is 4.74 Å². The summed E-state index contributed by atoms with van der Waals surface area (Å²) in [7, 11) is 0. The summed E-state index contributed by atoms with van der Waals surface area (Å²) in [5.41, 5.74) is 1.31. The Labute approximate surface area is 69.6 Å². The highest BCUT2D eigenvalue weighted by atomic mass is 16.5. The summed E-state index contributed by atoms with van der Waals surface area (Å²) >= 11 is 0. The molecule has 0 atom stereocenters. The number of fused-ring (bicyclic) bond motifs is 1. The summed E-state index contributed by atoms with van der Waals surface area (Å²) < 4.78 is 4.89. The van der Waals surface area contributed by atoms with Gasteiger partial charge in [-0.15, -0.1) is 0 Å². The van der Waals surface area contributed by atoms with Crippen LogP contribution in [0.4, 0.5) is 5.69 Å². The number of hydrogen-bond donors (Lipinski definition) is 1. The van der Waals surface area contributed by atoms with Crippen molar-refractivity contribution in [1.82, 2.24) is 4.98 Å². The highest BCUT2D eigenvalue weighted by Crippen LogP contribution is 2.16. The van der Waals surface area contributed by atoms with E-state index in [9.17, 15) is 4.79 Å². The van der Waals surface area contributed by atoms with Gasteiger partial charge in [0.2, 0.25) is 0 Å². The van der Waals surface area contributed by atoms with Crippen molar-refractivity contribution in [2.24, 2.45) is 0 Å².